The highest BCUT2D eigenvalue weighted by Crippen LogP contribution is 2.16. The van der Waals surface area contributed by atoms with Gasteiger partial charge in [-0.3, -0.25) is 14.4 Å². The van der Waals surface area contributed by atoms with Crippen molar-refractivity contribution in [1.82, 2.24) is 0 Å². The maximum atomic E-state index is 12.8. The number of allylic oxidation sites excluding steroid dienone is 8. The van der Waals surface area contributed by atoms with Gasteiger partial charge in [0.15, 0.2) is 6.10 Å². The molecule has 6 heteroatoms. The van der Waals surface area contributed by atoms with E-state index < -0.39 is 6.10 Å². The van der Waals surface area contributed by atoms with Crippen LogP contribution in [0.2, 0.25) is 0 Å². The number of esters is 3. The Kier molecular flexibility index (Phi) is 51.8. The summed E-state index contributed by atoms with van der Waals surface area (Å²) in [6, 6.07) is 0. The third-order valence-corrected chi connectivity index (χ3v) is 12.3. The zero-order valence-corrected chi connectivity index (χ0v) is 43.3. The molecule has 0 aromatic heterocycles. The van der Waals surface area contributed by atoms with Gasteiger partial charge in [0, 0.05) is 19.3 Å². The van der Waals surface area contributed by atoms with Crippen molar-refractivity contribution in [3.05, 3.63) is 48.6 Å². The van der Waals surface area contributed by atoms with Crippen LogP contribution in [0.15, 0.2) is 48.6 Å². The fourth-order valence-corrected chi connectivity index (χ4v) is 8.03. The Morgan fingerprint density at radius 2 is 0.554 bits per heavy atom. The van der Waals surface area contributed by atoms with Gasteiger partial charge in [0.2, 0.25) is 0 Å². The van der Waals surface area contributed by atoms with Crippen LogP contribution in [0.4, 0.5) is 0 Å². The lowest BCUT2D eigenvalue weighted by Crippen LogP contribution is -2.30. The zero-order chi connectivity index (χ0) is 47.2. The molecular weight excluding hydrogens is 805 g/mol. The van der Waals surface area contributed by atoms with Crippen molar-refractivity contribution < 1.29 is 28.6 Å². The van der Waals surface area contributed by atoms with Gasteiger partial charge in [-0.1, -0.05) is 236 Å². The minimum atomic E-state index is -0.784. The molecule has 6 nitrogen and oxygen atoms in total. The number of carbonyl (C=O) groups excluding carboxylic acids is 3. The normalized spacial score (nSPS) is 12.4. The van der Waals surface area contributed by atoms with E-state index in [-0.39, 0.29) is 31.1 Å². The first-order valence-electron chi connectivity index (χ1n) is 28.1. The fraction of sp³-hybridized carbons (Fsp3) is 0.814. The van der Waals surface area contributed by atoms with E-state index in [1.165, 1.54) is 148 Å². The molecule has 0 heterocycles. The minimum Gasteiger partial charge on any atom is -0.462 e. The van der Waals surface area contributed by atoms with Crippen LogP contribution in [0.1, 0.15) is 290 Å². The molecule has 0 rings (SSSR count). The van der Waals surface area contributed by atoms with Crippen LogP contribution in [-0.4, -0.2) is 37.2 Å². The second-order valence-electron chi connectivity index (χ2n) is 18.8. The summed E-state index contributed by atoms with van der Waals surface area (Å²) < 4.78 is 16.8. The van der Waals surface area contributed by atoms with Crippen molar-refractivity contribution in [3.63, 3.8) is 0 Å². The molecule has 0 saturated heterocycles. The van der Waals surface area contributed by atoms with E-state index in [1.54, 1.807) is 0 Å². The van der Waals surface area contributed by atoms with Gasteiger partial charge in [0.25, 0.3) is 0 Å². The molecule has 0 radical (unpaired) electrons. The van der Waals surface area contributed by atoms with Crippen LogP contribution in [0.5, 0.6) is 0 Å². The summed E-state index contributed by atoms with van der Waals surface area (Å²) in [6.07, 6.45) is 65.2. The highest BCUT2D eigenvalue weighted by molar-refractivity contribution is 5.71. The van der Waals surface area contributed by atoms with Crippen molar-refractivity contribution in [2.75, 3.05) is 13.2 Å². The van der Waals surface area contributed by atoms with Gasteiger partial charge in [-0.2, -0.15) is 0 Å². The summed E-state index contributed by atoms with van der Waals surface area (Å²) in [5, 5.41) is 0. The Balaban J connectivity index is 4.39. The number of hydrogen-bond donors (Lipinski definition) is 0. The molecular formula is C59H106O6. The fourth-order valence-electron chi connectivity index (χ4n) is 8.03. The first-order chi connectivity index (χ1) is 32.0. The van der Waals surface area contributed by atoms with E-state index >= 15 is 0 Å². The molecule has 0 aromatic carbocycles. The topological polar surface area (TPSA) is 78.9 Å². The first-order valence-corrected chi connectivity index (χ1v) is 28.1. The number of hydrogen-bond acceptors (Lipinski definition) is 6. The van der Waals surface area contributed by atoms with E-state index in [4.69, 9.17) is 14.2 Å². The minimum absolute atomic E-state index is 0.0807. The molecule has 1 unspecified atom stereocenters. The SMILES string of the molecule is CCCCCC=CCC=CCCCCCCCC(=O)OCC(COC(=O)CCCCCCCCCCCCCCCCCCC)OC(=O)CCCCCCCC=CCC=CCCCCC. The molecule has 0 amide bonds. The van der Waals surface area contributed by atoms with Crippen molar-refractivity contribution in [3.8, 4) is 0 Å². The van der Waals surface area contributed by atoms with Crippen molar-refractivity contribution >= 4 is 17.9 Å². The number of rotatable bonds is 51. The van der Waals surface area contributed by atoms with Gasteiger partial charge in [-0.25, -0.2) is 0 Å². The van der Waals surface area contributed by atoms with E-state index in [0.29, 0.717) is 19.3 Å². The summed E-state index contributed by atoms with van der Waals surface area (Å²) >= 11 is 0. The van der Waals surface area contributed by atoms with E-state index in [0.717, 1.165) is 103 Å². The second-order valence-corrected chi connectivity index (χ2v) is 18.8. The summed E-state index contributed by atoms with van der Waals surface area (Å²) in [6.45, 7) is 6.59. The number of carbonyl (C=O) groups is 3. The Morgan fingerprint density at radius 3 is 0.877 bits per heavy atom. The number of unbranched alkanes of at least 4 members (excludes halogenated alkanes) is 32. The number of ether oxygens (including phenoxy) is 3. The molecule has 1 atom stereocenters. The second kappa shape index (κ2) is 54.0. The lowest BCUT2D eigenvalue weighted by molar-refractivity contribution is -0.167. The Bertz CT molecular complexity index is 1140. The van der Waals surface area contributed by atoms with Crippen LogP contribution in [-0.2, 0) is 28.6 Å². The lowest BCUT2D eigenvalue weighted by Gasteiger charge is -2.18. The predicted molar refractivity (Wildman–Crippen MR) is 279 cm³/mol. The molecule has 0 N–H and O–H groups in total. The Hall–Kier alpha value is -2.63. The monoisotopic (exact) mass is 911 g/mol. The quantitative estimate of drug-likeness (QED) is 0.0262. The van der Waals surface area contributed by atoms with Gasteiger partial charge in [-0.15, -0.1) is 0 Å². The maximum absolute atomic E-state index is 12.8. The van der Waals surface area contributed by atoms with Crippen LogP contribution in [0.3, 0.4) is 0 Å². The smallest absolute Gasteiger partial charge is 0.306 e. The van der Waals surface area contributed by atoms with E-state index in [9.17, 15) is 14.4 Å². The molecule has 0 aliphatic rings. The molecule has 378 valence electrons. The third-order valence-electron chi connectivity index (χ3n) is 12.3. The predicted octanol–water partition coefficient (Wildman–Crippen LogP) is 18.7. The van der Waals surface area contributed by atoms with Crippen LogP contribution >= 0.6 is 0 Å². The molecule has 0 aliphatic heterocycles. The lowest BCUT2D eigenvalue weighted by atomic mass is 10.0. The Morgan fingerprint density at radius 1 is 0.308 bits per heavy atom. The first kappa shape index (κ1) is 62.4. The van der Waals surface area contributed by atoms with E-state index in [2.05, 4.69) is 69.4 Å². The van der Waals surface area contributed by atoms with Gasteiger partial charge in [-0.05, 0) is 83.5 Å². The van der Waals surface area contributed by atoms with Crippen LogP contribution in [0.25, 0.3) is 0 Å². The average Bonchev–Trinajstić information content (AvgIpc) is 3.30. The van der Waals surface area contributed by atoms with Crippen LogP contribution < -0.4 is 0 Å². The molecule has 65 heavy (non-hydrogen) atoms. The molecule has 0 aromatic rings. The molecule has 0 saturated carbocycles. The van der Waals surface area contributed by atoms with Crippen molar-refractivity contribution in [1.29, 1.82) is 0 Å². The summed E-state index contributed by atoms with van der Waals surface area (Å²) in [7, 11) is 0. The van der Waals surface area contributed by atoms with Gasteiger partial charge in [0.1, 0.15) is 13.2 Å². The van der Waals surface area contributed by atoms with Crippen molar-refractivity contribution in [2.24, 2.45) is 0 Å². The summed E-state index contributed by atoms with van der Waals surface area (Å²) in [5.74, 6) is -0.896. The highest BCUT2D eigenvalue weighted by atomic mass is 16.6. The third kappa shape index (κ3) is 52.2. The highest BCUT2D eigenvalue weighted by Gasteiger charge is 2.19. The Labute approximate surface area is 403 Å². The maximum Gasteiger partial charge on any atom is 0.306 e. The van der Waals surface area contributed by atoms with E-state index in [1.807, 2.05) is 0 Å². The zero-order valence-electron chi connectivity index (χ0n) is 43.3. The summed E-state index contributed by atoms with van der Waals surface area (Å²) in [4.78, 5) is 38.1. The van der Waals surface area contributed by atoms with Gasteiger partial charge < -0.3 is 14.2 Å². The standard InChI is InChI=1S/C59H106O6/c1-4-7-10-13-16-19-22-25-28-29-32-34-37-40-43-46-49-52-58(61)64-55-56(65-59(62)53-50-47-44-41-38-35-31-27-24-21-18-15-12-9-6-3)54-63-57(60)51-48-45-42-39-36-33-30-26-23-20-17-14-11-8-5-2/h17-18,20-21,26-27,30-31,56H,4-16,19,22-25,28-29,32-55H2,1-3H3. The molecule has 0 aliphatic carbocycles. The van der Waals surface area contributed by atoms with Crippen LogP contribution in [0, 0.1) is 0 Å². The van der Waals surface area contributed by atoms with Gasteiger partial charge in [0.05, 0.1) is 0 Å². The largest absolute Gasteiger partial charge is 0.462 e. The molecule has 0 spiro atoms. The molecule has 0 bridgehead atoms. The molecule has 0 fully saturated rings. The van der Waals surface area contributed by atoms with Crippen molar-refractivity contribution in [2.45, 2.75) is 297 Å². The summed E-state index contributed by atoms with van der Waals surface area (Å²) in [5.41, 5.74) is 0. The van der Waals surface area contributed by atoms with Gasteiger partial charge >= 0.3 is 17.9 Å². The average molecular weight is 911 g/mol.